The van der Waals surface area contributed by atoms with Gasteiger partial charge in [0.15, 0.2) is 0 Å². The van der Waals surface area contributed by atoms with Gasteiger partial charge in [0.2, 0.25) is 0 Å². The molecule has 0 spiro atoms. The lowest BCUT2D eigenvalue weighted by Crippen LogP contribution is -2.54. The highest BCUT2D eigenvalue weighted by Gasteiger charge is 2.43. The lowest BCUT2D eigenvalue weighted by molar-refractivity contribution is -0.138. The fourth-order valence-electron chi connectivity index (χ4n) is 3.78. The van der Waals surface area contributed by atoms with E-state index in [1.807, 2.05) is 0 Å². The molecule has 2 bridgehead atoms. The molecule has 2 saturated heterocycles. The Bertz CT molecular complexity index is 529. The van der Waals surface area contributed by atoms with Crippen molar-refractivity contribution in [2.45, 2.75) is 62.9 Å². The molecule has 1 aromatic carbocycles. The standard InChI is InChI=1S/C16H20F3NO/c1-10-5-6-11(7-14(10)16(17,18)19)15(21)8-12-3-2-4-13(9-15)20-12/h5-7,12-13,20-21H,2-4,8-9H2,1H3. The number of nitrogens with one attached hydrogen (secondary N) is 1. The summed E-state index contributed by atoms with van der Waals surface area (Å²) in [7, 11) is 0. The molecule has 2 aliphatic rings. The molecule has 2 unspecified atom stereocenters. The van der Waals surface area contributed by atoms with Crippen molar-refractivity contribution in [3.05, 3.63) is 34.9 Å². The third kappa shape index (κ3) is 2.81. The van der Waals surface area contributed by atoms with Gasteiger partial charge in [-0.1, -0.05) is 18.6 Å². The minimum absolute atomic E-state index is 0.198. The number of aliphatic hydroxyl groups is 1. The maximum absolute atomic E-state index is 13.1. The van der Waals surface area contributed by atoms with Crippen LogP contribution >= 0.6 is 0 Å². The third-order valence-electron chi connectivity index (χ3n) is 4.83. The Morgan fingerprint density at radius 1 is 1.19 bits per heavy atom. The third-order valence-corrected chi connectivity index (χ3v) is 4.83. The summed E-state index contributed by atoms with van der Waals surface area (Å²) < 4.78 is 39.2. The first-order valence-corrected chi connectivity index (χ1v) is 7.45. The molecule has 2 heterocycles. The number of piperidine rings is 2. The van der Waals surface area contributed by atoms with Crippen molar-refractivity contribution in [2.75, 3.05) is 0 Å². The van der Waals surface area contributed by atoms with E-state index >= 15 is 0 Å². The normalized spacial score (nSPS) is 33.0. The second-order valence-corrected chi connectivity index (χ2v) is 6.46. The molecule has 2 fully saturated rings. The molecule has 21 heavy (non-hydrogen) atoms. The van der Waals surface area contributed by atoms with Crippen molar-refractivity contribution in [1.29, 1.82) is 0 Å². The second kappa shape index (κ2) is 4.99. The molecule has 116 valence electrons. The molecule has 2 aliphatic heterocycles. The zero-order valence-electron chi connectivity index (χ0n) is 12.0. The lowest BCUT2D eigenvalue weighted by Gasteiger charge is -2.45. The van der Waals surface area contributed by atoms with Crippen molar-refractivity contribution in [3.8, 4) is 0 Å². The van der Waals surface area contributed by atoms with Gasteiger partial charge in [-0.05, 0) is 49.8 Å². The van der Waals surface area contributed by atoms with Crippen LogP contribution in [0.4, 0.5) is 13.2 Å². The van der Waals surface area contributed by atoms with E-state index in [1.165, 1.54) is 13.0 Å². The van der Waals surface area contributed by atoms with Gasteiger partial charge in [-0.25, -0.2) is 0 Å². The Morgan fingerprint density at radius 3 is 2.38 bits per heavy atom. The predicted molar refractivity (Wildman–Crippen MR) is 73.9 cm³/mol. The van der Waals surface area contributed by atoms with Gasteiger partial charge in [-0.2, -0.15) is 13.2 Å². The number of halogens is 3. The molecule has 2 nitrogen and oxygen atoms in total. The van der Waals surface area contributed by atoms with E-state index in [2.05, 4.69) is 5.32 Å². The van der Waals surface area contributed by atoms with E-state index in [0.717, 1.165) is 25.3 Å². The van der Waals surface area contributed by atoms with Crippen molar-refractivity contribution in [1.82, 2.24) is 5.32 Å². The van der Waals surface area contributed by atoms with Gasteiger partial charge < -0.3 is 10.4 Å². The zero-order chi connectivity index (χ0) is 15.3. The predicted octanol–water partition coefficient (Wildman–Crippen LogP) is 3.51. The Labute approximate surface area is 122 Å². The van der Waals surface area contributed by atoms with Crippen molar-refractivity contribution in [2.24, 2.45) is 0 Å². The van der Waals surface area contributed by atoms with Crippen LogP contribution in [0.2, 0.25) is 0 Å². The van der Waals surface area contributed by atoms with Crippen LogP contribution in [0.3, 0.4) is 0 Å². The summed E-state index contributed by atoms with van der Waals surface area (Å²) in [4.78, 5) is 0. The molecule has 0 saturated carbocycles. The minimum atomic E-state index is -4.38. The summed E-state index contributed by atoms with van der Waals surface area (Å²) in [6.45, 7) is 1.45. The molecule has 3 rings (SSSR count). The molecule has 1 aromatic rings. The van der Waals surface area contributed by atoms with Gasteiger partial charge in [-0.3, -0.25) is 0 Å². The molecule has 0 radical (unpaired) electrons. The number of alkyl halides is 3. The number of rotatable bonds is 1. The van der Waals surface area contributed by atoms with E-state index in [4.69, 9.17) is 0 Å². The number of hydrogen-bond acceptors (Lipinski definition) is 2. The average Bonchev–Trinajstić information content (AvgIpc) is 2.37. The molecule has 0 aromatic heterocycles. The highest BCUT2D eigenvalue weighted by molar-refractivity contribution is 5.36. The summed E-state index contributed by atoms with van der Waals surface area (Å²) in [5.74, 6) is 0. The average molecular weight is 299 g/mol. The second-order valence-electron chi connectivity index (χ2n) is 6.46. The lowest BCUT2D eigenvalue weighted by atomic mass is 9.73. The zero-order valence-corrected chi connectivity index (χ0v) is 12.0. The van der Waals surface area contributed by atoms with E-state index < -0.39 is 17.3 Å². The molecule has 2 N–H and O–H groups in total. The Balaban J connectivity index is 1.96. The fourth-order valence-corrected chi connectivity index (χ4v) is 3.78. The summed E-state index contributed by atoms with van der Waals surface area (Å²) in [6.07, 6.45) is -0.305. The molecule has 5 heteroatoms. The van der Waals surface area contributed by atoms with Crippen molar-refractivity contribution < 1.29 is 18.3 Å². The van der Waals surface area contributed by atoms with E-state index in [1.54, 1.807) is 6.07 Å². The summed E-state index contributed by atoms with van der Waals surface area (Å²) in [5.41, 5.74) is -1.19. The highest BCUT2D eigenvalue weighted by Crippen LogP contribution is 2.42. The maximum atomic E-state index is 13.1. The number of benzene rings is 1. The van der Waals surface area contributed by atoms with Crippen molar-refractivity contribution in [3.63, 3.8) is 0 Å². The summed E-state index contributed by atoms with van der Waals surface area (Å²) in [6, 6.07) is 4.66. The molecular weight excluding hydrogens is 279 g/mol. The van der Waals surface area contributed by atoms with Gasteiger partial charge in [0.1, 0.15) is 0 Å². The van der Waals surface area contributed by atoms with Gasteiger partial charge >= 0.3 is 6.18 Å². The van der Waals surface area contributed by atoms with E-state index in [9.17, 15) is 18.3 Å². The van der Waals surface area contributed by atoms with Crippen LogP contribution in [0.5, 0.6) is 0 Å². The van der Waals surface area contributed by atoms with Gasteiger partial charge in [0.05, 0.1) is 11.2 Å². The molecule has 0 amide bonds. The van der Waals surface area contributed by atoms with Gasteiger partial charge in [0.25, 0.3) is 0 Å². The van der Waals surface area contributed by atoms with E-state index in [0.29, 0.717) is 18.4 Å². The Hall–Kier alpha value is -1.07. The van der Waals surface area contributed by atoms with Crippen LogP contribution in [0.1, 0.15) is 48.8 Å². The SMILES string of the molecule is Cc1ccc(C2(O)CC3CCCC(C2)N3)cc1C(F)(F)F. The Kier molecular flexibility index (Phi) is 3.53. The topological polar surface area (TPSA) is 32.3 Å². The van der Waals surface area contributed by atoms with Crippen LogP contribution in [0.25, 0.3) is 0 Å². The fraction of sp³-hybridized carbons (Fsp3) is 0.625. The molecule has 2 atom stereocenters. The minimum Gasteiger partial charge on any atom is -0.385 e. The van der Waals surface area contributed by atoms with Crippen LogP contribution < -0.4 is 5.32 Å². The first kappa shape index (κ1) is 14.9. The molecular formula is C16H20F3NO. The monoisotopic (exact) mass is 299 g/mol. The van der Waals surface area contributed by atoms with Gasteiger partial charge in [-0.15, -0.1) is 0 Å². The van der Waals surface area contributed by atoms with Crippen LogP contribution in [-0.4, -0.2) is 17.2 Å². The largest absolute Gasteiger partial charge is 0.416 e. The number of hydrogen-bond donors (Lipinski definition) is 2. The number of fused-ring (bicyclic) bond motifs is 2. The summed E-state index contributed by atoms with van der Waals surface area (Å²) >= 11 is 0. The Morgan fingerprint density at radius 2 is 1.81 bits per heavy atom. The van der Waals surface area contributed by atoms with Crippen LogP contribution in [0, 0.1) is 6.92 Å². The number of aryl methyl sites for hydroxylation is 1. The van der Waals surface area contributed by atoms with Crippen LogP contribution in [0.15, 0.2) is 18.2 Å². The van der Waals surface area contributed by atoms with Gasteiger partial charge in [0, 0.05) is 12.1 Å². The van der Waals surface area contributed by atoms with Crippen LogP contribution in [-0.2, 0) is 11.8 Å². The van der Waals surface area contributed by atoms with E-state index in [-0.39, 0.29) is 17.6 Å². The summed E-state index contributed by atoms with van der Waals surface area (Å²) in [5, 5.41) is 14.4. The van der Waals surface area contributed by atoms with Crippen molar-refractivity contribution >= 4 is 0 Å². The quantitative estimate of drug-likeness (QED) is 0.832. The first-order chi connectivity index (χ1) is 9.78. The highest BCUT2D eigenvalue weighted by atomic mass is 19.4. The first-order valence-electron chi connectivity index (χ1n) is 7.45. The smallest absolute Gasteiger partial charge is 0.385 e. The maximum Gasteiger partial charge on any atom is 0.416 e. The molecule has 0 aliphatic carbocycles.